The van der Waals surface area contributed by atoms with Crippen molar-refractivity contribution >= 4 is 0 Å². The molecule has 2 bridgehead atoms. The molecule has 2 aliphatic heterocycles. The van der Waals surface area contributed by atoms with Gasteiger partial charge in [-0.15, -0.1) is 0 Å². The highest BCUT2D eigenvalue weighted by Gasteiger charge is 2.69. The van der Waals surface area contributed by atoms with E-state index in [2.05, 4.69) is 4.98 Å². The first-order valence-electron chi connectivity index (χ1n) is 9.54. The topological polar surface area (TPSA) is 91.8 Å². The van der Waals surface area contributed by atoms with Gasteiger partial charge in [0.25, 0.3) is 5.56 Å². The molecule has 0 saturated carbocycles. The van der Waals surface area contributed by atoms with Crippen molar-refractivity contribution in [1.82, 2.24) is 9.55 Å². The van der Waals surface area contributed by atoms with Gasteiger partial charge < -0.3 is 18.9 Å². The SMILES string of the molecule is Cc1cn(C2OC3([C@@H](C)OC(C)C)C(C)O[C@@H]2[C@@H]3OC(C)C)c(=O)[nH]c1=O. The fourth-order valence-corrected chi connectivity index (χ4v) is 4.20. The quantitative estimate of drug-likeness (QED) is 0.802. The van der Waals surface area contributed by atoms with Crippen molar-refractivity contribution in [1.29, 1.82) is 0 Å². The van der Waals surface area contributed by atoms with Gasteiger partial charge >= 0.3 is 5.69 Å². The lowest BCUT2D eigenvalue weighted by molar-refractivity contribution is -0.250. The number of fused-ring (bicyclic) bond motifs is 2. The average molecular weight is 382 g/mol. The van der Waals surface area contributed by atoms with Gasteiger partial charge in [0.2, 0.25) is 0 Å². The first-order chi connectivity index (χ1) is 12.6. The molecule has 152 valence electrons. The van der Waals surface area contributed by atoms with Crippen LogP contribution in [0.15, 0.2) is 15.8 Å². The number of aromatic nitrogens is 2. The lowest BCUT2D eigenvalue weighted by atomic mass is 9.87. The summed E-state index contributed by atoms with van der Waals surface area (Å²) >= 11 is 0. The fourth-order valence-electron chi connectivity index (χ4n) is 4.20. The maximum absolute atomic E-state index is 12.4. The van der Waals surface area contributed by atoms with E-state index in [9.17, 15) is 9.59 Å². The fraction of sp³-hybridized carbons (Fsp3) is 0.789. The summed E-state index contributed by atoms with van der Waals surface area (Å²) in [5.74, 6) is 0. The lowest BCUT2D eigenvalue weighted by Gasteiger charge is -2.41. The van der Waals surface area contributed by atoms with Gasteiger partial charge in [-0.05, 0) is 48.5 Å². The summed E-state index contributed by atoms with van der Waals surface area (Å²) in [4.78, 5) is 26.5. The zero-order chi connectivity index (χ0) is 20.1. The number of aromatic amines is 1. The molecule has 0 aliphatic carbocycles. The summed E-state index contributed by atoms with van der Waals surface area (Å²) in [6.45, 7) is 13.4. The van der Waals surface area contributed by atoms with Gasteiger partial charge in [0, 0.05) is 11.8 Å². The second-order valence-corrected chi connectivity index (χ2v) is 8.02. The van der Waals surface area contributed by atoms with Gasteiger partial charge in [0.15, 0.2) is 11.8 Å². The van der Waals surface area contributed by atoms with Crippen LogP contribution in [0.2, 0.25) is 0 Å². The molecule has 1 N–H and O–H groups in total. The van der Waals surface area contributed by atoms with Crippen LogP contribution in [0.4, 0.5) is 0 Å². The van der Waals surface area contributed by atoms with Gasteiger partial charge in [-0.25, -0.2) is 4.79 Å². The lowest BCUT2D eigenvalue weighted by Crippen LogP contribution is -2.57. The van der Waals surface area contributed by atoms with E-state index in [0.29, 0.717) is 5.56 Å². The van der Waals surface area contributed by atoms with Crippen LogP contribution in [-0.4, -0.2) is 51.8 Å². The average Bonchev–Trinajstić information content (AvgIpc) is 2.99. The van der Waals surface area contributed by atoms with Crippen molar-refractivity contribution in [3.8, 4) is 0 Å². The third kappa shape index (κ3) is 3.29. The van der Waals surface area contributed by atoms with E-state index in [1.807, 2.05) is 41.5 Å². The number of ether oxygens (including phenoxy) is 4. The Bertz CT molecular complexity index is 800. The molecular weight excluding hydrogens is 352 g/mol. The second-order valence-electron chi connectivity index (χ2n) is 8.02. The molecule has 2 aliphatic rings. The van der Waals surface area contributed by atoms with Crippen LogP contribution in [-0.2, 0) is 18.9 Å². The maximum atomic E-state index is 12.4. The van der Waals surface area contributed by atoms with Crippen molar-refractivity contribution in [3.05, 3.63) is 32.6 Å². The number of nitrogens with one attached hydrogen (secondary N) is 1. The molecule has 3 heterocycles. The minimum Gasteiger partial charge on any atom is -0.373 e. The molecule has 6 atom stereocenters. The number of H-pyrrole nitrogens is 1. The Hall–Kier alpha value is -1.48. The Morgan fingerprint density at radius 2 is 1.85 bits per heavy atom. The van der Waals surface area contributed by atoms with Crippen LogP contribution in [0, 0.1) is 6.92 Å². The Kier molecular flexibility index (Phi) is 5.37. The van der Waals surface area contributed by atoms with Crippen molar-refractivity contribution in [2.24, 2.45) is 0 Å². The summed E-state index contributed by atoms with van der Waals surface area (Å²) in [6, 6.07) is 0. The molecule has 8 nitrogen and oxygen atoms in total. The smallest absolute Gasteiger partial charge is 0.330 e. The van der Waals surface area contributed by atoms with Crippen LogP contribution in [0.5, 0.6) is 0 Å². The predicted octanol–water partition coefficient (Wildman–Crippen LogP) is 1.51. The molecule has 0 aromatic carbocycles. The van der Waals surface area contributed by atoms with Crippen molar-refractivity contribution < 1.29 is 18.9 Å². The van der Waals surface area contributed by atoms with Crippen molar-refractivity contribution in [3.63, 3.8) is 0 Å². The summed E-state index contributed by atoms with van der Waals surface area (Å²) in [7, 11) is 0. The molecular formula is C19H30N2O6. The summed E-state index contributed by atoms with van der Waals surface area (Å²) < 4.78 is 26.3. The molecule has 3 unspecified atom stereocenters. The Morgan fingerprint density at radius 3 is 2.44 bits per heavy atom. The number of aryl methyl sites for hydroxylation is 1. The molecule has 2 saturated heterocycles. The van der Waals surface area contributed by atoms with Gasteiger partial charge in [0.05, 0.1) is 24.4 Å². The van der Waals surface area contributed by atoms with Gasteiger partial charge in [0.1, 0.15) is 12.2 Å². The van der Waals surface area contributed by atoms with Gasteiger partial charge in [-0.2, -0.15) is 0 Å². The monoisotopic (exact) mass is 382 g/mol. The van der Waals surface area contributed by atoms with Crippen LogP contribution in [0.25, 0.3) is 0 Å². The van der Waals surface area contributed by atoms with E-state index in [4.69, 9.17) is 18.9 Å². The third-order valence-corrected chi connectivity index (χ3v) is 5.30. The maximum Gasteiger partial charge on any atom is 0.330 e. The summed E-state index contributed by atoms with van der Waals surface area (Å²) in [5.41, 5.74) is -1.37. The molecule has 0 amide bonds. The molecule has 1 aromatic rings. The van der Waals surface area contributed by atoms with Crippen LogP contribution in [0.3, 0.4) is 0 Å². The first-order valence-corrected chi connectivity index (χ1v) is 9.54. The van der Waals surface area contributed by atoms with Gasteiger partial charge in [-0.3, -0.25) is 14.3 Å². The predicted molar refractivity (Wildman–Crippen MR) is 98.9 cm³/mol. The zero-order valence-corrected chi connectivity index (χ0v) is 17.0. The largest absolute Gasteiger partial charge is 0.373 e. The number of hydrogen-bond donors (Lipinski definition) is 1. The zero-order valence-electron chi connectivity index (χ0n) is 17.0. The number of nitrogens with zero attached hydrogens (tertiary/aromatic N) is 1. The van der Waals surface area contributed by atoms with Crippen molar-refractivity contribution in [2.45, 2.75) is 96.9 Å². The summed E-state index contributed by atoms with van der Waals surface area (Å²) in [6.07, 6.45) is -0.703. The van der Waals surface area contributed by atoms with E-state index < -0.39 is 35.3 Å². The molecule has 8 heteroatoms. The minimum absolute atomic E-state index is 0.000946. The summed E-state index contributed by atoms with van der Waals surface area (Å²) in [5, 5.41) is 0. The Labute approximate surface area is 158 Å². The molecule has 0 radical (unpaired) electrons. The third-order valence-electron chi connectivity index (χ3n) is 5.30. The van der Waals surface area contributed by atoms with E-state index >= 15 is 0 Å². The number of rotatable bonds is 6. The molecule has 27 heavy (non-hydrogen) atoms. The highest BCUT2D eigenvalue weighted by Crippen LogP contribution is 2.52. The highest BCUT2D eigenvalue weighted by atomic mass is 16.7. The first kappa shape index (κ1) is 20.3. The van der Waals surface area contributed by atoms with E-state index in [-0.39, 0.29) is 24.4 Å². The second kappa shape index (κ2) is 7.16. The van der Waals surface area contributed by atoms with Gasteiger partial charge in [-0.1, -0.05) is 0 Å². The van der Waals surface area contributed by atoms with Crippen molar-refractivity contribution in [2.75, 3.05) is 0 Å². The number of hydrogen-bond acceptors (Lipinski definition) is 6. The van der Waals surface area contributed by atoms with E-state index in [0.717, 1.165) is 0 Å². The van der Waals surface area contributed by atoms with E-state index in [1.54, 1.807) is 6.92 Å². The van der Waals surface area contributed by atoms with Crippen LogP contribution in [0.1, 0.15) is 53.3 Å². The van der Waals surface area contributed by atoms with Crippen LogP contribution < -0.4 is 11.2 Å². The molecule has 3 rings (SSSR count). The standard InChI is InChI=1S/C19H30N2O6/c1-9(2)24-12(6)19-13(7)26-14(15(19)25-10(3)4)17(27-19)21-8-11(5)16(22)20-18(21)23/h8-10,12-15,17H,1-7H3,(H,20,22,23)/t12-,13?,14-,15+,17?,19?/m1/s1. The Balaban J connectivity index is 2.05. The molecule has 0 spiro atoms. The molecule has 1 aromatic heterocycles. The minimum atomic E-state index is -0.854. The molecule has 2 fully saturated rings. The Morgan fingerprint density at radius 1 is 1.19 bits per heavy atom. The van der Waals surface area contributed by atoms with Crippen LogP contribution >= 0.6 is 0 Å². The highest BCUT2D eigenvalue weighted by molar-refractivity contribution is 5.15. The normalized spacial score (nSPS) is 34.0. The van der Waals surface area contributed by atoms with E-state index in [1.165, 1.54) is 10.8 Å².